The van der Waals surface area contributed by atoms with Crippen molar-refractivity contribution in [1.82, 2.24) is 10.6 Å². The number of methoxy groups -OCH3 is 2. The number of carbonyl (C=O) groups excluding carboxylic acids is 1. The van der Waals surface area contributed by atoms with Crippen molar-refractivity contribution in [3.63, 3.8) is 0 Å². The third-order valence-corrected chi connectivity index (χ3v) is 2.81. The molecule has 0 bridgehead atoms. The summed E-state index contributed by atoms with van der Waals surface area (Å²) in [5, 5.41) is 5.93. The Bertz CT molecular complexity index is 379. The number of ether oxygens (including phenoxy) is 2. The Morgan fingerprint density at radius 3 is 2.53 bits per heavy atom. The average molecular weight is 266 g/mol. The molecule has 1 aromatic carbocycles. The molecule has 0 aromatic heterocycles. The Morgan fingerprint density at radius 1 is 1.26 bits per heavy atom. The van der Waals surface area contributed by atoms with Crippen LogP contribution in [0.15, 0.2) is 24.3 Å². The van der Waals surface area contributed by atoms with E-state index in [0.29, 0.717) is 13.2 Å². The number of amides is 1. The number of nitrogens with one attached hydrogen (secondary N) is 2. The van der Waals surface area contributed by atoms with Crippen LogP contribution in [0, 0.1) is 0 Å². The highest BCUT2D eigenvalue weighted by molar-refractivity contribution is 5.78. The summed E-state index contributed by atoms with van der Waals surface area (Å²) in [4.78, 5) is 11.5. The molecule has 2 N–H and O–H groups in total. The van der Waals surface area contributed by atoms with Crippen molar-refractivity contribution in [3.05, 3.63) is 29.8 Å². The molecule has 1 amide bonds. The van der Waals surface area contributed by atoms with Crippen LogP contribution in [0.25, 0.3) is 0 Å². The van der Waals surface area contributed by atoms with Gasteiger partial charge in [0.05, 0.1) is 20.3 Å². The zero-order chi connectivity index (χ0) is 14.1. The summed E-state index contributed by atoms with van der Waals surface area (Å²) in [6.45, 7) is 3.37. The molecule has 5 heteroatoms. The summed E-state index contributed by atoms with van der Waals surface area (Å²) in [6.07, 6.45) is 0. The summed E-state index contributed by atoms with van der Waals surface area (Å²) in [7, 11) is 3.25. The first-order chi connectivity index (χ1) is 9.17. The Labute approximate surface area is 114 Å². The van der Waals surface area contributed by atoms with Gasteiger partial charge in [0, 0.05) is 19.7 Å². The molecule has 0 saturated carbocycles. The van der Waals surface area contributed by atoms with Crippen LogP contribution in [0.5, 0.6) is 5.75 Å². The summed E-state index contributed by atoms with van der Waals surface area (Å²) < 4.78 is 9.97. The summed E-state index contributed by atoms with van der Waals surface area (Å²) in [6, 6.07) is 7.90. The van der Waals surface area contributed by atoms with Crippen molar-refractivity contribution in [2.45, 2.75) is 13.0 Å². The molecule has 0 aliphatic carbocycles. The second kappa shape index (κ2) is 8.50. The van der Waals surface area contributed by atoms with Crippen LogP contribution in [-0.2, 0) is 9.53 Å². The quantitative estimate of drug-likeness (QED) is 0.692. The van der Waals surface area contributed by atoms with Gasteiger partial charge in [0.2, 0.25) is 5.91 Å². The third-order valence-electron chi connectivity index (χ3n) is 2.81. The van der Waals surface area contributed by atoms with Gasteiger partial charge in [-0.2, -0.15) is 0 Å². The molecule has 5 nitrogen and oxygen atoms in total. The van der Waals surface area contributed by atoms with E-state index in [2.05, 4.69) is 10.6 Å². The lowest BCUT2D eigenvalue weighted by Gasteiger charge is -2.14. The minimum Gasteiger partial charge on any atom is -0.497 e. The maximum Gasteiger partial charge on any atom is 0.234 e. The van der Waals surface area contributed by atoms with Gasteiger partial charge in [0.1, 0.15) is 5.75 Å². The van der Waals surface area contributed by atoms with E-state index >= 15 is 0 Å². The molecule has 106 valence electrons. The first-order valence-electron chi connectivity index (χ1n) is 6.30. The molecule has 0 radical (unpaired) electrons. The van der Waals surface area contributed by atoms with Crippen LogP contribution < -0.4 is 15.4 Å². The fourth-order valence-electron chi connectivity index (χ4n) is 1.61. The number of carbonyl (C=O) groups is 1. The van der Waals surface area contributed by atoms with Gasteiger partial charge < -0.3 is 20.1 Å². The van der Waals surface area contributed by atoms with E-state index in [1.807, 2.05) is 31.2 Å². The molecule has 1 rings (SSSR count). The summed E-state index contributed by atoms with van der Waals surface area (Å²) in [5.74, 6) is 0.797. The monoisotopic (exact) mass is 266 g/mol. The second-order valence-electron chi connectivity index (χ2n) is 4.22. The van der Waals surface area contributed by atoms with E-state index in [9.17, 15) is 4.79 Å². The lowest BCUT2D eigenvalue weighted by Crippen LogP contribution is -2.36. The fourth-order valence-corrected chi connectivity index (χ4v) is 1.61. The highest BCUT2D eigenvalue weighted by Crippen LogP contribution is 2.16. The fraction of sp³-hybridized carbons (Fsp3) is 0.500. The normalized spacial score (nSPS) is 11.9. The zero-order valence-corrected chi connectivity index (χ0v) is 11.7. The van der Waals surface area contributed by atoms with Crippen molar-refractivity contribution < 1.29 is 14.3 Å². The minimum atomic E-state index is -0.0302. The number of rotatable bonds is 8. The van der Waals surface area contributed by atoms with Gasteiger partial charge in [-0.1, -0.05) is 12.1 Å². The Morgan fingerprint density at radius 2 is 1.95 bits per heavy atom. The van der Waals surface area contributed by atoms with Crippen LogP contribution in [-0.4, -0.2) is 39.8 Å². The van der Waals surface area contributed by atoms with Crippen LogP contribution >= 0.6 is 0 Å². The van der Waals surface area contributed by atoms with Crippen molar-refractivity contribution in [2.24, 2.45) is 0 Å². The Kier molecular flexibility index (Phi) is 6.92. The Hall–Kier alpha value is -1.59. The number of hydrogen-bond donors (Lipinski definition) is 2. The average Bonchev–Trinajstić information content (AvgIpc) is 2.45. The van der Waals surface area contributed by atoms with Gasteiger partial charge in [-0.05, 0) is 24.6 Å². The smallest absolute Gasteiger partial charge is 0.234 e. The van der Waals surface area contributed by atoms with Gasteiger partial charge in [-0.15, -0.1) is 0 Å². The van der Waals surface area contributed by atoms with E-state index in [0.717, 1.165) is 11.3 Å². The molecule has 0 aliphatic heterocycles. The molecular weight excluding hydrogens is 244 g/mol. The number of hydrogen-bond acceptors (Lipinski definition) is 4. The Balaban J connectivity index is 2.33. The molecule has 0 aliphatic rings. The van der Waals surface area contributed by atoms with E-state index in [-0.39, 0.29) is 18.5 Å². The molecule has 1 aromatic rings. The molecule has 19 heavy (non-hydrogen) atoms. The second-order valence-corrected chi connectivity index (χ2v) is 4.22. The van der Waals surface area contributed by atoms with Crippen molar-refractivity contribution in [3.8, 4) is 5.75 Å². The summed E-state index contributed by atoms with van der Waals surface area (Å²) in [5.41, 5.74) is 1.12. The maximum atomic E-state index is 11.5. The molecule has 0 saturated heterocycles. The van der Waals surface area contributed by atoms with Crippen molar-refractivity contribution >= 4 is 5.91 Å². The highest BCUT2D eigenvalue weighted by atomic mass is 16.5. The minimum absolute atomic E-state index is 0.0302. The molecule has 0 spiro atoms. The van der Waals surface area contributed by atoms with Crippen LogP contribution in [0.3, 0.4) is 0 Å². The third kappa shape index (κ3) is 5.72. The largest absolute Gasteiger partial charge is 0.497 e. The molecule has 0 heterocycles. The van der Waals surface area contributed by atoms with E-state index in [1.54, 1.807) is 14.2 Å². The maximum absolute atomic E-state index is 11.5. The van der Waals surface area contributed by atoms with E-state index in [1.165, 1.54) is 0 Å². The first-order valence-corrected chi connectivity index (χ1v) is 6.30. The predicted molar refractivity (Wildman–Crippen MR) is 74.3 cm³/mol. The van der Waals surface area contributed by atoms with Gasteiger partial charge in [-0.3, -0.25) is 4.79 Å². The standard InChI is InChI=1S/C14H22N2O3/c1-11(12-4-6-13(19-3)7-5-12)16-10-14(17)15-8-9-18-2/h4-7,11,16H,8-10H2,1-3H3,(H,15,17)/t11-/m0/s1. The molecule has 0 fully saturated rings. The van der Waals surface area contributed by atoms with Gasteiger partial charge in [0.15, 0.2) is 0 Å². The molecular formula is C14H22N2O3. The molecule has 1 atom stereocenters. The topological polar surface area (TPSA) is 59.6 Å². The highest BCUT2D eigenvalue weighted by Gasteiger charge is 2.07. The van der Waals surface area contributed by atoms with Crippen LogP contribution in [0.1, 0.15) is 18.5 Å². The predicted octanol–water partition coefficient (Wildman–Crippen LogP) is 1.11. The molecule has 0 unspecified atom stereocenters. The number of benzene rings is 1. The lowest BCUT2D eigenvalue weighted by atomic mass is 10.1. The first kappa shape index (κ1) is 15.5. The van der Waals surface area contributed by atoms with E-state index in [4.69, 9.17) is 9.47 Å². The SMILES string of the molecule is COCCNC(=O)CN[C@@H](C)c1ccc(OC)cc1. The zero-order valence-electron chi connectivity index (χ0n) is 11.7. The van der Waals surface area contributed by atoms with E-state index < -0.39 is 0 Å². The van der Waals surface area contributed by atoms with Gasteiger partial charge >= 0.3 is 0 Å². The lowest BCUT2D eigenvalue weighted by molar-refractivity contribution is -0.120. The van der Waals surface area contributed by atoms with Gasteiger partial charge in [0.25, 0.3) is 0 Å². The van der Waals surface area contributed by atoms with Crippen LogP contribution in [0.4, 0.5) is 0 Å². The van der Waals surface area contributed by atoms with Crippen molar-refractivity contribution in [1.29, 1.82) is 0 Å². The van der Waals surface area contributed by atoms with Gasteiger partial charge in [-0.25, -0.2) is 0 Å². The summed E-state index contributed by atoms with van der Waals surface area (Å²) >= 11 is 0. The van der Waals surface area contributed by atoms with Crippen LogP contribution in [0.2, 0.25) is 0 Å². The van der Waals surface area contributed by atoms with Crippen molar-refractivity contribution in [2.75, 3.05) is 33.9 Å².